The number of hydrogen-bond acceptors (Lipinski definition) is 7. The fourth-order valence-corrected chi connectivity index (χ4v) is 2.60. The molecule has 0 bridgehead atoms. The highest BCUT2D eigenvalue weighted by Gasteiger charge is 2.14. The SMILES string of the molecule is Cc1cccc(-n2nnn(C)c2=O)c1COc1ccn(-c2ncc(F)cn2)n1. The highest BCUT2D eigenvalue weighted by molar-refractivity contribution is 5.44. The van der Waals surface area contributed by atoms with Crippen LogP contribution in [0.1, 0.15) is 11.1 Å². The fourth-order valence-electron chi connectivity index (χ4n) is 2.60. The molecule has 0 aliphatic heterocycles. The van der Waals surface area contributed by atoms with Crippen molar-refractivity contribution in [1.29, 1.82) is 0 Å². The van der Waals surface area contributed by atoms with E-state index >= 15 is 0 Å². The largest absolute Gasteiger partial charge is 0.472 e. The number of nitrogens with zero attached hydrogens (tertiary/aromatic N) is 8. The molecule has 0 spiro atoms. The Labute approximate surface area is 157 Å². The van der Waals surface area contributed by atoms with Crippen LogP contribution in [0.3, 0.4) is 0 Å². The molecule has 1 aromatic carbocycles. The second kappa shape index (κ2) is 7.02. The minimum absolute atomic E-state index is 0.159. The third kappa shape index (κ3) is 3.24. The molecule has 0 atom stereocenters. The van der Waals surface area contributed by atoms with Gasteiger partial charge < -0.3 is 4.74 Å². The minimum Gasteiger partial charge on any atom is -0.472 e. The number of rotatable bonds is 5. The molecule has 0 aliphatic rings. The van der Waals surface area contributed by atoms with Crippen molar-refractivity contribution in [3.63, 3.8) is 0 Å². The first-order chi connectivity index (χ1) is 13.5. The lowest BCUT2D eigenvalue weighted by atomic mass is 10.1. The molecular formula is C17H15FN8O2. The van der Waals surface area contributed by atoms with E-state index < -0.39 is 5.82 Å². The molecule has 3 aromatic heterocycles. The van der Waals surface area contributed by atoms with Gasteiger partial charge in [0.15, 0.2) is 5.82 Å². The molecule has 142 valence electrons. The Bertz CT molecular complexity index is 1180. The Hall–Kier alpha value is -3.89. The number of aromatic nitrogens is 8. The zero-order valence-corrected chi connectivity index (χ0v) is 15.0. The van der Waals surface area contributed by atoms with Crippen molar-refractivity contribution in [2.75, 3.05) is 0 Å². The zero-order chi connectivity index (χ0) is 19.7. The molecule has 0 saturated heterocycles. The molecule has 0 saturated carbocycles. The maximum absolute atomic E-state index is 12.9. The van der Waals surface area contributed by atoms with Crippen LogP contribution in [0.15, 0.2) is 47.7 Å². The van der Waals surface area contributed by atoms with E-state index in [0.29, 0.717) is 11.6 Å². The van der Waals surface area contributed by atoms with Crippen molar-refractivity contribution >= 4 is 0 Å². The van der Waals surface area contributed by atoms with Gasteiger partial charge in [-0.2, -0.15) is 9.36 Å². The van der Waals surface area contributed by atoms with Crippen LogP contribution in [0.25, 0.3) is 11.6 Å². The van der Waals surface area contributed by atoms with E-state index in [2.05, 4.69) is 25.5 Å². The Morgan fingerprint density at radius 3 is 2.64 bits per heavy atom. The predicted molar refractivity (Wildman–Crippen MR) is 94.8 cm³/mol. The van der Waals surface area contributed by atoms with E-state index in [1.807, 2.05) is 19.1 Å². The lowest BCUT2D eigenvalue weighted by Crippen LogP contribution is -2.23. The quantitative estimate of drug-likeness (QED) is 0.506. The predicted octanol–water partition coefficient (Wildman–Crippen LogP) is 0.968. The summed E-state index contributed by atoms with van der Waals surface area (Å²) in [6.07, 6.45) is 3.72. The second-order valence-corrected chi connectivity index (χ2v) is 5.96. The third-order valence-electron chi connectivity index (χ3n) is 4.08. The van der Waals surface area contributed by atoms with Crippen molar-refractivity contribution in [3.8, 4) is 17.5 Å². The molecule has 0 amide bonds. The van der Waals surface area contributed by atoms with Gasteiger partial charge in [0, 0.05) is 24.9 Å². The topological polar surface area (TPSA) is 106 Å². The van der Waals surface area contributed by atoms with Gasteiger partial charge in [-0.25, -0.2) is 23.8 Å². The van der Waals surface area contributed by atoms with E-state index in [1.165, 1.54) is 16.4 Å². The standard InChI is InChI=1S/C17H15FN8O2/c1-11-4-3-5-14(26-17(27)24(2)22-23-26)13(11)10-28-15-6-7-25(21-15)16-19-8-12(18)9-20-16/h3-9H,10H2,1-2H3. The number of hydrogen-bond donors (Lipinski definition) is 0. The first kappa shape index (κ1) is 17.5. The Morgan fingerprint density at radius 1 is 1.14 bits per heavy atom. The Kier molecular flexibility index (Phi) is 4.39. The van der Waals surface area contributed by atoms with Gasteiger partial charge in [0.2, 0.25) is 5.88 Å². The van der Waals surface area contributed by atoms with Crippen molar-refractivity contribution in [2.24, 2.45) is 7.05 Å². The van der Waals surface area contributed by atoms with E-state index in [9.17, 15) is 9.18 Å². The molecule has 0 N–H and O–H groups in total. The van der Waals surface area contributed by atoms with Crippen molar-refractivity contribution in [2.45, 2.75) is 13.5 Å². The molecule has 0 aliphatic carbocycles. The maximum Gasteiger partial charge on any atom is 0.368 e. The maximum atomic E-state index is 12.9. The van der Waals surface area contributed by atoms with Crippen molar-refractivity contribution < 1.29 is 9.13 Å². The van der Waals surface area contributed by atoms with Gasteiger partial charge in [0.25, 0.3) is 5.95 Å². The molecule has 28 heavy (non-hydrogen) atoms. The van der Waals surface area contributed by atoms with E-state index in [0.717, 1.165) is 28.2 Å². The molecule has 4 aromatic rings. The molecule has 0 radical (unpaired) electrons. The van der Waals surface area contributed by atoms with Gasteiger partial charge in [0.1, 0.15) is 6.61 Å². The average Bonchev–Trinajstić information content (AvgIpc) is 3.29. The number of halogens is 1. The molecule has 3 heterocycles. The summed E-state index contributed by atoms with van der Waals surface area (Å²) in [6, 6.07) is 7.15. The molecule has 11 heteroatoms. The van der Waals surface area contributed by atoms with Gasteiger partial charge in [-0.15, -0.1) is 5.10 Å². The zero-order valence-electron chi connectivity index (χ0n) is 15.0. The van der Waals surface area contributed by atoms with Crippen LogP contribution in [0, 0.1) is 12.7 Å². The number of aryl methyl sites for hydroxylation is 2. The van der Waals surface area contributed by atoms with E-state index in [-0.39, 0.29) is 18.2 Å². The van der Waals surface area contributed by atoms with Gasteiger partial charge in [-0.1, -0.05) is 12.1 Å². The highest BCUT2D eigenvalue weighted by atomic mass is 19.1. The first-order valence-electron chi connectivity index (χ1n) is 8.27. The lowest BCUT2D eigenvalue weighted by Gasteiger charge is -2.11. The number of benzene rings is 1. The minimum atomic E-state index is -0.529. The van der Waals surface area contributed by atoms with Gasteiger partial charge in [-0.05, 0) is 29.0 Å². The third-order valence-corrected chi connectivity index (χ3v) is 4.08. The summed E-state index contributed by atoms with van der Waals surface area (Å²) in [5.41, 5.74) is 1.93. The second-order valence-electron chi connectivity index (χ2n) is 5.96. The monoisotopic (exact) mass is 382 g/mol. The van der Waals surface area contributed by atoms with Crippen molar-refractivity contribution in [3.05, 3.63) is 70.3 Å². The molecule has 0 unspecified atom stereocenters. The number of tetrazole rings is 1. The normalized spacial score (nSPS) is 11.0. The van der Waals surface area contributed by atoms with E-state index in [4.69, 9.17) is 4.74 Å². The highest BCUT2D eigenvalue weighted by Crippen LogP contribution is 2.19. The smallest absolute Gasteiger partial charge is 0.368 e. The lowest BCUT2D eigenvalue weighted by molar-refractivity contribution is 0.290. The van der Waals surface area contributed by atoms with Crippen molar-refractivity contribution in [1.82, 2.24) is 39.5 Å². The van der Waals surface area contributed by atoms with Crippen LogP contribution in [0.2, 0.25) is 0 Å². The van der Waals surface area contributed by atoms with Crippen LogP contribution in [-0.4, -0.2) is 39.5 Å². The summed E-state index contributed by atoms with van der Waals surface area (Å²) in [4.78, 5) is 19.9. The Morgan fingerprint density at radius 2 is 1.93 bits per heavy atom. The first-order valence-corrected chi connectivity index (χ1v) is 8.27. The molecule has 10 nitrogen and oxygen atoms in total. The van der Waals surface area contributed by atoms with Crippen LogP contribution < -0.4 is 10.4 Å². The summed E-state index contributed by atoms with van der Waals surface area (Å²) < 4.78 is 22.5. The fraction of sp³-hybridized carbons (Fsp3) is 0.176. The summed E-state index contributed by atoms with van der Waals surface area (Å²) >= 11 is 0. The molecule has 4 rings (SSSR count). The van der Waals surface area contributed by atoms with E-state index in [1.54, 1.807) is 18.3 Å². The van der Waals surface area contributed by atoms with Crippen LogP contribution in [0.5, 0.6) is 5.88 Å². The average molecular weight is 382 g/mol. The summed E-state index contributed by atoms with van der Waals surface area (Å²) in [7, 11) is 1.53. The van der Waals surface area contributed by atoms with Crippen LogP contribution in [0.4, 0.5) is 4.39 Å². The summed E-state index contributed by atoms with van der Waals surface area (Å²) in [5.74, 6) is 0.0197. The van der Waals surface area contributed by atoms with Gasteiger partial charge in [-0.3, -0.25) is 0 Å². The van der Waals surface area contributed by atoms with Gasteiger partial charge >= 0.3 is 5.69 Å². The van der Waals surface area contributed by atoms with Crippen LogP contribution in [-0.2, 0) is 13.7 Å². The Balaban J connectivity index is 1.58. The van der Waals surface area contributed by atoms with Crippen LogP contribution >= 0.6 is 0 Å². The summed E-state index contributed by atoms with van der Waals surface area (Å²) in [5, 5.41) is 11.9. The number of ether oxygens (including phenoxy) is 1. The summed E-state index contributed by atoms with van der Waals surface area (Å²) in [6.45, 7) is 2.07. The molecular weight excluding hydrogens is 367 g/mol. The van der Waals surface area contributed by atoms with Gasteiger partial charge in [0.05, 0.1) is 18.1 Å². The molecule has 0 fully saturated rings.